The Labute approximate surface area is 199 Å². The second kappa shape index (κ2) is 8.73. The van der Waals surface area contributed by atoms with Crippen LogP contribution >= 0.6 is 0 Å². The lowest BCUT2D eigenvalue weighted by molar-refractivity contribution is -0.114. The van der Waals surface area contributed by atoms with Crippen LogP contribution in [-0.4, -0.2) is 24.8 Å². The highest BCUT2D eigenvalue weighted by Crippen LogP contribution is 2.41. The summed E-state index contributed by atoms with van der Waals surface area (Å²) in [6.45, 7) is 0. The van der Waals surface area contributed by atoms with E-state index < -0.39 is 20.8 Å². The van der Waals surface area contributed by atoms with Gasteiger partial charge in [-0.3, -0.25) is 9.52 Å². The number of benzene rings is 3. The van der Waals surface area contributed by atoms with E-state index >= 15 is 0 Å². The van der Waals surface area contributed by atoms with Crippen molar-refractivity contribution < 1.29 is 26.9 Å². The van der Waals surface area contributed by atoms with Crippen LogP contribution in [0.1, 0.15) is 29.2 Å². The predicted octanol–water partition coefficient (Wildman–Crippen LogP) is 4.08. The molecule has 2 atom stereocenters. The van der Waals surface area contributed by atoms with Crippen LogP contribution in [0.5, 0.6) is 17.2 Å². The Morgan fingerprint density at radius 2 is 1.68 bits per heavy atom. The number of hydrogen-bond acceptors (Lipinski definition) is 6. The molecule has 1 heterocycles. The third-order valence-corrected chi connectivity index (χ3v) is 7.99. The molecule has 2 aliphatic rings. The molecule has 0 aromatic heterocycles. The number of carbonyl (C=O) groups is 1. The molecule has 9 heteroatoms. The number of ether oxygens (including phenoxy) is 2. The van der Waals surface area contributed by atoms with Crippen molar-refractivity contribution in [3.05, 3.63) is 89.5 Å². The minimum absolute atomic E-state index is 0.139. The Hall–Kier alpha value is -3.43. The average molecular weight is 496 g/mol. The summed E-state index contributed by atoms with van der Waals surface area (Å²) in [5, 5.41) is 0. The summed E-state index contributed by atoms with van der Waals surface area (Å²) in [7, 11) is -4.79. The van der Waals surface area contributed by atoms with Crippen LogP contribution in [0.3, 0.4) is 0 Å². The summed E-state index contributed by atoms with van der Waals surface area (Å²) in [6, 6.07) is 19.4. The first-order chi connectivity index (χ1) is 16.3. The number of sulfone groups is 1. The van der Waals surface area contributed by atoms with Crippen LogP contribution in [-0.2, 0) is 32.0 Å². The zero-order valence-electron chi connectivity index (χ0n) is 18.2. The lowest BCUT2D eigenvalue weighted by Crippen LogP contribution is -2.16. The first-order valence-electron chi connectivity index (χ1n) is 10.6. The highest BCUT2D eigenvalue weighted by molar-refractivity contribution is 7.94. The van der Waals surface area contributed by atoms with Gasteiger partial charge in [-0.2, -0.15) is 0 Å². The van der Waals surface area contributed by atoms with Gasteiger partial charge in [-0.05, 0) is 66.4 Å². The minimum atomic E-state index is -3.26. The second-order valence-corrected chi connectivity index (χ2v) is 11.3. The Morgan fingerprint density at radius 1 is 0.971 bits per heavy atom. The third kappa shape index (κ3) is 4.49. The number of fused-ring (bicyclic) bond motifs is 1. The molecule has 0 spiro atoms. The molecule has 0 saturated carbocycles. The van der Waals surface area contributed by atoms with E-state index in [2.05, 4.69) is 4.72 Å². The van der Waals surface area contributed by atoms with Crippen LogP contribution in [0, 0.1) is 0 Å². The molecule has 0 saturated heterocycles. The van der Waals surface area contributed by atoms with E-state index in [-0.39, 0.29) is 16.9 Å². The zero-order valence-corrected chi connectivity index (χ0v) is 19.8. The standard InChI is InChI=1S/C25H21NO6S2/c1-34(29,30)19-11-9-18(10-12-19)31-22-4-2-3-20-21(22)13-14-23(20)32-17-7-5-16(6-8-17)24-15-25(27)26-33(24)28/h2-12,15,23H,13-14H2,1H3,(H,26,27)/t23-,33?/m1/s1. The largest absolute Gasteiger partial charge is 0.486 e. The smallest absolute Gasteiger partial charge is 0.257 e. The van der Waals surface area contributed by atoms with Gasteiger partial charge in [0.25, 0.3) is 5.91 Å². The van der Waals surface area contributed by atoms with Gasteiger partial charge in [0.1, 0.15) is 23.4 Å². The molecule has 1 unspecified atom stereocenters. The summed E-state index contributed by atoms with van der Waals surface area (Å²) in [5.41, 5.74) is 2.81. The molecule has 174 valence electrons. The molecule has 1 aliphatic carbocycles. The van der Waals surface area contributed by atoms with Crippen molar-refractivity contribution in [1.82, 2.24) is 4.72 Å². The maximum Gasteiger partial charge on any atom is 0.257 e. The van der Waals surface area contributed by atoms with Crippen LogP contribution in [0.15, 0.2) is 77.7 Å². The Kier molecular flexibility index (Phi) is 5.75. The van der Waals surface area contributed by atoms with Crippen molar-refractivity contribution in [1.29, 1.82) is 0 Å². The average Bonchev–Trinajstić information content (AvgIpc) is 3.37. The lowest BCUT2D eigenvalue weighted by atomic mass is 10.1. The van der Waals surface area contributed by atoms with Gasteiger partial charge in [0, 0.05) is 17.9 Å². The highest BCUT2D eigenvalue weighted by atomic mass is 32.2. The van der Waals surface area contributed by atoms with Gasteiger partial charge >= 0.3 is 0 Å². The highest BCUT2D eigenvalue weighted by Gasteiger charge is 2.27. The Balaban J connectivity index is 1.31. The molecular weight excluding hydrogens is 474 g/mol. The first kappa shape index (κ1) is 22.4. The summed E-state index contributed by atoms with van der Waals surface area (Å²) in [5.74, 6) is 1.60. The molecule has 0 fully saturated rings. The minimum Gasteiger partial charge on any atom is -0.486 e. The fourth-order valence-corrected chi connectivity index (χ4v) is 5.63. The molecular formula is C25H21NO6S2. The maximum absolute atomic E-state index is 12.0. The van der Waals surface area contributed by atoms with E-state index in [1.807, 2.05) is 18.2 Å². The molecule has 5 rings (SSSR count). The second-order valence-electron chi connectivity index (χ2n) is 8.08. The molecule has 7 nitrogen and oxygen atoms in total. The third-order valence-electron chi connectivity index (χ3n) is 5.72. The van der Waals surface area contributed by atoms with E-state index in [1.165, 1.54) is 24.5 Å². The topological polar surface area (TPSA) is 98.8 Å². The quantitative estimate of drug-likeness (QED) is 0.553. The monoisotopic (exact) mass is 495 g/mol. The molecule has 0 bridgehead atoms. The molecule has 3 aromatic carbocycles. The van der Waals surface area contributed by atoms with E-state index in [0.29, 0.717) is 22.0 Å². The summed E-state index contributed by atoms with van der Waals surface area (Å²) < 4.78 is 49.9. The predicted molar refractivity (Wildman–Crippen MR) is 128 cm³/mol. The summed E-state index contributed by atoms with van der Waals surface area (Å²) in [6.07, 6.45) is 3.95. The summed E-state index contributed by atoms with van der Waals surface area (Å²) in [4.78, 5) is 12.1. The van der Waals surface area contributed by atoms with Gasteiger partial charge in [0.15, 0.2) is 20.8 Å². The van der Waals surface area contributed by atoms with Gasteiger partial charge in [-0.1, -0.05) is 24.3 Å². The molecule has 34 heavy (non-hydrogen) atoms. The van der Waals surface area contributed by atoms with Crippen molar-refractivity contribution in [2.75, 3.05) is 6.26 Å². The fourth-order valence-electron chi connectivity index (χ4n) is 4.08. The summed E-state index contributed by atoms with van der Waals surface area (Å²) >= 11 is 0. The number of rotatable bonds is 6. The van der Waals surface area contributed by atoms with Gasteiger partial charge in [0.05, 0.1) is 9.80 Å². The Bertz CT molecular complexity index is 1430. The van der Waals surface area contributed by atoms with E-state index in [9.17, 15) is 17.4 Å². The van der Waals surface area contributed by atoms with Crippen LogP contribution in [0.4, 0.5) is 0 Å². The van der Waals surface area contributed by atoms with Crippen molar-refractivity contribution in [3.63, 3.8) is 0 Å². The number of carbonyl (C=O) groups excluding carboxylic acids is 1. The van der Waals surface area contributed by atoms with Crippen LogP contribution < -0.4 is 14.2 Å². The molecule has 3 aromatic rings. The van der Waals surface area contributed by atoms with E-state index in [4.69, 9.17) is 9.47 Å². The maximum atomic E-state index is 12.0. The normalized spacial score (nSPS) is 19.3. The first-order valence-corrected chi connectivity index (χ1v) is 13.6. The molecule has 1 amide bonds. The van der Waals surface area contributed by atoms with E-state index in [0.717, 1.165) is 29.7 Å². The zero-order chi connectivity index (χ0) is 23.9. The van der Waals surface area contributed by atoms with Gasteiger partial charge in [0.2, 0.25) is 0 Å². The van der Waals surface area contributed by atoms with Crippen LogP contribution in [0.25, 0.3) is 4.91 Å². The van der Waals surface area contributed by atoms with Crippen molar-refractivity contribution in [2.45, 2.75) is 23.8 Å². The number of amides is 1. The van der Waals surface area contributed by atoms with Crippen molar-refractivity contribution >= 4 is 31.6 Å². The SMILES string of the molecule is CS(=O)(=O)c1ccc(Oc2cccc3c2CC[C@H]3Oc2ccc(C3=CC(=O)NS3=O)cc2)cc1. The fraction of sp³-hybridized carbons (Fsp3) is 0.160. The van der Waals surface area contributed by atoms with Crippen molar-refractivity contribution in [2.24, 2.45) is 0 Å². The molecule has 0 radical (unpaired) electrons. The molecule has 1 aliphatic heterocycles. The van der Waals surface area contributed by atoms with Gasteiger partial charge in [-0.15, -0.1) is 0 Å². The molecule has 1 N–H and O–H groups in total. The number of nitrogens with one attached hydrogen (secondary N) is 1. The Morgan fingerprint density at radius 3 is 2.32 bits per heavy atom. The number of hydrogen-bond donors (Lipinski definition) is 1. The van der Waals surface area contributed by atoms with Crippen LogP contribution in [0.2, 0.25) is 0 Å². The van der Waals surface area contributed by atoms with E-state index in [1.54, 1.807) is 36.4 Å². The van der Waals surface area contributed by atoms with Crippen molar-refractivity contribution in [3.8, 4) is 17.2 Å². The lowest BCUT2D eigenvalue weighted by Gasteiger charge is -2.16. The van der Waals surface area contributed by atoms with Gasteiger partial charge in [-0.25, -0.2) is 12.6 Å². The van der Waals surface area contributed by atoms with Gasteiger partial charge < -0.3 is 9.47 Å².